The van der Waals surface area contributed by atoms with Crippen LogP contribution in [0.2, 0.25) is 0 Å². The van der Waals surface area contributed by atoms with Gasteiger partial charge in [-0.2, -0.15) is 22.0 Å². The quantitative estimate of drug-likeness (QED) is 0.0444. The molecule has 2 heterocycles. The minimum Gasteiger partial charge on any atom is -0.465 e. The van der Waals surface area contributed by atoms with E-state index in [1.165, 1.54) is 23.1 Å². The van der Waals surface area contributed by atoms with Crippen molar-refractivity contribution in [2.24, 2.45) is 15.3 Å². The van der Waals surface area contributed by atoms with Gasteiger partial charge in [0.05, 0.1) is 24.1 Å². The van der Waals surface area contributed by atoms with Crippen molar-refractivity contribution < 1.29 is 19.1 Å². The summed E-state index contributed by atoms with van der Waals surface area (Å²) < 4.78 is 12.0. The van der Waals surface area contributed by atoms with E-state index in [0.29, 0.717) is 40.1 Å². The van der Waals surface area contributed by atoms with Crippen LogP contribution in [0.1, 0.15) is 48.8 Å². The van der Waals surface area contributed by atoms with Crippen LogP contribution in [-0.2, 0) is 26.3 Å². The molecule has 3 N–H and O–H groups in total. The lowest BCUT2D eigenvalue weighted by atomic mass is 9.91. The van der Waals surface area contributed by atoms with Crippen molar-refractivity contribution in [3.05, 3.63) is 35.0 Å². The number of esters is 1. The molecule has 1 aromatic carbocycles. The normalized spacial score (nSPS) is 11.6. The molecule has 0 radical (unpaired) electrons. The largest absolute Gasteiger partial charge is 0.465 e. The summed E-state index contributed by atoms with van der Waals surface area (Å²) in [6.45, 7) is 6.23. The molecule has 3 aromatic rings. The number of azo groups is 1. The van der Waals surface area contributed by atoms with E-state index in [0.717, 1.165) is 27.4 Å². The molecular formula is C24H31N9O4S4. The van der Waals surface area contributed by atoms with E-state index in [-0.39, 0.29) is 18.0 Å². The lowest BCUT2D eigenvalue weighted by molar-refractivity contribution is -0.129. The van der Waals surface area contributed by atoms with Crippen molar-refractivity contribution in [2.45, 2.75) is 43.6 Å². The van der Waals surface area contributed by atoms with Crippen LogP contribution in [-0.4, -0.2) is 62.0 Å². The molecule has 2 aromatic heterocycles. The summed E-state index contributed by atoms with van der Waals surface area (Å²) >= 11 is 6.42. The van der Waals surface area contributed by atoms with E-state index in [4.69, 9.17) is 25.8 Å². The van der Waals surface area contributed by atoms with E-state index in [9.17, 15) is 9.59 Å². The number of hydrogen-bond acceptors (Lipinski definition) is 16. The average Bonchev–Trinajstić information content (AvgIpc) is 3.55. The molecule has 220 valence electrons. The number of nitrogens with two attached hydrogens (primary N) is 1. The van der Waals surface area contributed by atoms with Crippen molar-refractivity contribution in [3.63, 3.8) is 0 Å². The van der Waals surface area contributed by atoms with Crippen LogP contribution >= 0.6 is 46.6 Å². The highest BCUT2D eigenvalue weighted by Crippen LogP contribution is 2.38. The van der Waals surface area contributed by atoms with Crippen molar-refractivity contribution in [2.75, 3.05) is 35.3 Å². The van der Waals surface area contributed by atoms with Gasteiger partial charge in [0.2, 0.25) is 0 Å². The third-order valence-corrected chi connectivity index (χ3v) is 9.43. The molecule has 0 spiro atoms. The molecule has 0 saturated carbocycles. The van der Waals surface area contributed by atoms with Gasteiger partial charge in [-0.25, -0.2) is 15.0 Å². The number of nitrogens with one attached hydrogen (secondary N) is 1. The molecule has 0 saturated heterocycles. The maximum Gasteiger partial charge on any atom is 0.337 e. The predicted molar refractivity (Wildman–Crippen MR) is 163 cm³/mol. The number of anilines is 1. The highest BCUT2D eigenvalue weighted by atomic mass is 32.2. The lowest BCUT2D eigenvalue weighted by Gasteiger charge is -2.15. The SMILES string of the molecule is COC(=O)c1cc(COC=O)cc(-n2nc(C(C)(C)C)c(N=Nc3nnc(SCCCSCSCN=N)s3)c2N)c1. The number of benzene rings is 1. The topological polar surface area (TPSA) is 183 Å². The number of thioether (sulfide) groups is 3. The Balaban J connectivity index is 1.81. The average molecular weight is 638 g/mol. The van der Waals surface area contributed by atoms with Crippen molar-refractivity contribution in [3.8, 4) is 5.69 Å². The number of ether oxygens (including phenoxy) is 2. The van der Waals surface area contributed by atoms with Crippen LogP contribution in [0.15, 0.2) is 37.9 Å². The number of hydrogen-bond donors (Lipinski definition) is 2. The molecule has 0 fully saturated rings. The minimum atomic E-state index is -0.555. The monoisotopic (exact) mass is 637 g/mol. The first-order valence-electron chi connectivity index (χ1n) is 12.2. The van der Waals surface area contributed by atoms with E-state index in [1.54, 1.807) is 41.7 Å². The zero-order chi connectivity index (χ0) is 29.8. The molecule has 0 unspecified atom stereocenters. The Hall–Kier alpha value is -3.02. The van der Waals surface area contributed by atoms with Crippen LogP contribution in [0, 0.1) is 5.53 Å². The Kier molecular flexibility index (Phi) is 12.6. The Bertz CT molecular complexity index is 1370. The number of aromatic nitrogens is 4. The second kappa shape index (κ2) is 15.8. The van der Waals surface area contributed by atoms with Gasteiger partial charge in [0, 0.05) is 16.3 Å². The first-order valence-corrected chi connectivity index (χ1v) is 16.3. The minimum absolute atomic E-state index is 0.0419. The molecule has 13 nitrogen and oxygen atoms in total. The van der Waals surface area contributed by atoms with Gasteiger partial charge in [0.25, 0.3) is 11.6 Å². The summed E-state index contributed by atoms with van der Waals surface area (Å²) in [5, 5.41) is 26.4. The van der Waals surface area contributed by atoms with E-state index in [2.05, 4.69) is 25.5 Å². The van der Waals surface area contributed by atoms with Crippen molar-refractivity contribution in [1.82, 2.24) is 20.0 Å². The fraction of sp³-hybridized carbons (Fsp3) is 0.458. The number of carbonyl (C=O) groups is 2. The summed E-state index contributed by atoms with van der Waals surface area (Å²) in [4.78, 5) is 23.0. The number of rotatable bonds is 16. The summed E-state index contributed by atoms with van der Waals surface area (Å²) in [6.07, 6.45) is 1.02. The summed E-state index contributed by atoms with van der Waals surface area (Å²) in [6, 6.07) is 4.88. The zero-order valence-corrected chi connectivity index (χ0v) is 26.3. The van der Waals surface area contributed by atoms with Crippen molar-refractivity contribution >= 4 is 75.7 Å². The smallest absolute Gasteiger partial charge is 0.337 e. The first kappa shape index (κ1) is 32.5. The van der Waals surface area contributed by atoms with Crippen LogP contribution in [0.3, 0.4) is 0 Å². The van der Waals surface area contributed by atoms with Crippen molar-refractivity contribution in [1.29, 1.82) is 5.53 Å². The molecule has 17 heteroatoms. The number of methoxy groups -OCH3 is 1. The highest BCUT2D eigenvalue weighted by Gasteiger charge is 2.27. The maximum absolute atomic E-state index is 12.3. The van der Waals surface area contributed by atoms with Gasteiger partial charge >= 0.3 is 5.97 Å². The number of nitrogen functional groups attached to an aromatic ring is 1. The van der Waals surface area contributed by atoms with Crippen LogP contribution in [0.25, 0.3) is 5.69 Å². The molecule has 0 aliphatic rings. The van der Waals surface area contributed by atoms with Crippen LogP contribution in [0.4, 0.5) is 16.6 Å². The molecular weight excluding hydrogens is 607 g/mol. The third kappa shape index (κ3) is 9.51. The Morgan fingerprint density at radius 3 is 2.71 bits per heavy atom. The van der Waals surface area contributed by atoms with E-state index >= 15 is 0 Å². The standard InChI is InChI=1S/C24H31N9O4S4/c1-24(2,3)19-18(28-29-22-30-31-23(41-22)40-7-5-6-38-14-39-12-27-26)20(25)33(32-19)17-9-15(11-37-13-34)8-16(10-17)21(35)36-4/h8-10,13,26H,5-7,11-12,14,25H2,1-4H3. The molecule has 41 heavy (non-hydrogen) atoms. The second-order valence-corrected chi connectivity index (χ2v) is 14.0. The zero-order valence-electron chi connectivity index (χ0n) is 23.0. The number of carbonyl (C=O) groups excluding carboxylic acids is 2. The van der Waals surface area contributed by atoms with Gasteiger partial charge in [-0.3, -0.25) is 4.79 Å². The summed E-state index contributed by atoms with van der Waals surface area (Å²) in [7, 11) is 1.28. The van der Waals surface area contributed by atoms with Gasteiger partial charge in [-0.15, -0.1) is 32.2 Å². The molecule has 0 atom stereocenters. The highest BCUT2D eigenvalue weighted by molar-refractivity contribution is 8.15. The van der Waals surface area contributed by atoms with Gasteiger partial charge in [-0.1, -0.05) is 43.9 Å². The van der Waals surface area contributed by atoms with Crippen LogP contribution < -0.4 is 5.73 Å². The van der Waals surface area contributed by atoms with E-state index in [1.807, 2.05) is 32.5 Å². The molecule has 0 amide bonds. The predicted octanol–water partition coefficient (Wildman–Crippen LogP) is 6.37. The number of nitrogens with zero attached hydrogens (tertiary/aromatic N) is 7. The van der Waals surface area contributed by atoms with E-state index < -0.39 is 11.4 Å². The van der Waals surface area contributed by atoms with Crippen LogP contribution in [0.5, 0.6) is 0 Å². The second-order valence-electron chi connectivity index (χ2n) is 9.30. The summed E-state index contributed by atoms with van der Waals surface area (Å²) in [5.41, 5.74) is 15.1. The first-order chi connectivity index (χ1) is 19.7. The fourth-order valence-electron chi connectivity index (χ4n) is 3.38. The third-order valence-electron chi connectivity index (χ3n) is 5.18. The molecule has 0 aliphatic carbocycles. The van der Waals surface area contributed by atoms with Gasteiger partial charge < -0.3 is 15.2 Å². The fourth-order valence-corrected chi connectivity index (χ4v) is 6.92. The molecule has 0 aliphatic heterocycles. The summed E-state index contributed by atoms with van der Waals surface area (Å²) in [5.74, 6) is 2.10. The molecule has 0 bridgehead atoms. The lowest BCUT2D eigenvalue weighted by Crippen LogP contribution is -2.13. The molecule has 3 rings (SSSR count). The Morgan fingerprint density at radius 2 is 2.00 bits per heavy atom. The van der Waals surface area contributed by atoms with Gasteiger partial charge in [-0.05, 0) is 35.9 Å². The van der Waals surface area contributed by atoms with Gasteiger partial charge in [0.15, 0.2) is 15.8 Å². The Labute approximate surface area is 254 Å². The van der Waals surface area contributed by atoms with Gasteiger partial charge in [0.1, 0.15) is 12.5 Å². The maximum atomic E-state index is 12.3. The Morgan fingerprint density at radius 1 is 1.20 bits per heavy atom.